The van der Waals surface area contributed by atoms with Crippen LogP contribution in [0.4, 0.5) is 13.2 Å². The van der Waals surface area contributed by atoms with Gasteiger partial charge >= 0.3 is 12.1 Å². The number of amides is 1. The van der Waals surface area contributed by atoms with Crippen molar-refractivity contribution in [1.29, 1.82) is 0 Å². The lowest BCUT2D eigenvalue weighted by atomic mass is 9.92. The first-order chi connectivity index (χ1) is 11.7. The summed E-state index contributed by atoms with van der Waals surface area (Å²) >= 11 is 0. The van der Waals surface area contributed by atoms with Crippen LogP contribution in [0.1, 0.15) is 23.2 Å². The van der Waals surface area contributed by atoms with E-state index in [2.05, 4.69) is 4.74 Å². The lowest BCUT2D eigenvalue weighted by Crippen LogP contribution is -2.29. The number of nitrogens with zero attached hydrogens (tertiary/aromatic N) is 1. The minimum atomic E-state index is -4.42. The number of carbonyl (C=O) groups excluding carboxylic acids is 1. The Balaban J connectivity index is 1.64. The summed E-state index contributed by atoms with van der Waals surface area (Å²) in [6, 6.07) is 5.41. The van der Waals surface area contributed by atoms with Crippen molar-refractivity contribution in [2.45, 2.75) is 19.0 Å². The number of carboxylic acids is 1. The molecule has 0 bridgehead atoms. The maximum atomic E-state index is 12.5. The quantitative estimate of drug-likeness (QED) is 0.880. The molecule has 5 nitrogen and oxygen atoms in total. The summed E-state index contributed by atoms with van der Waals surface area (Å²) in [5.41, 5.74) is 0.306. The van der Waals surface area contributed by atoms with E-state index in [0.29, 0.717) is 18.0 Å². The fourth-order valence-electron chi connectivity index (χ4n) is 3.30. The van der Waals surface area contributed by atoms with Gasteiger partial charge in [0.2, 0.25) is 0 Å². The molecule has 1 heterocycles. The van der Waals surface area contributed by atoms with E-state index in [1.807, 2.05) is 0 Å². The average Bonchev–Trinajstić information content (AvgIpc) is 3.30. The topological polar surface area (TPSA) is 66.8 Å². The molecule has 25 heavy (non-hydrogen) atoms. The van der Waals surface area contributed by atoms with Gasteiger partial charge in [0.1, 0.15) is 5.75 Å². The third-order valence-corrected chi connectivity index (χ3v) is 4.70. The van der Waals surface area contributed by atoms with Crippen LogP contribution in [0.15, 0.2) is 24.3 Å². The number of hydrogen-bond donors (Lipinski definition) is 1. The van der Waals surface area contributed by atoms with Gasteiger partial charge in [0.25, 0.3) is 5.91 Å². The second-order valence-electron chi connectivity index (χ2n) is 6.58. The van der Waals surface area contributed by atoms with Gasteiger partial charge in [-0.15, -0.1) is 0 Å². The van der Waals surface area contributed by atoms with Crippen LogP contribution < -0.4 is 4.74 Å². The summed E-state index contributed by atoms with van der Waals surface area (Å²) in [6.07, 6.45) is -2.42. The van der Waals surface area contributed by atoms with Crippen LogP contribution in [0, 0.1) is 17.8 Å². The summed E-state index contributed by atoms with van der Waals surface area (Å²) in [5, 5.41) is 9.35. The van der Waals surface area contributed by atoms with Crippen molar-refractivity contribution in [3.05, 3.63) is 29.8 Å². The van der Waals surface area contributed by atoms with E-state index in [1.165, 1.54) is 29.2 Å². The summed E-state index contributed by atoms with van der Waals surface area (Å²) < 4.78 is 41.0. The van der Waals surface area contributed by atoms with E-state index in [1.54, 1.807) is 0 Å². The molecule has 1 saturated heterocycles. The molecule has 3 rings (SSSR count). The van der Waals surface area contributed by atoms with Gasteiger partial charge in [-0.3, -0.25) is 9.59 Å². The number of likely N-dealkylation sites (tertiary alicyclic amines) is 1. The number of rotatable bonds is 5. The van der Waals surface area contributed by atoms with E-state index in [-0.39, 0.29) is 24.1 Å². The van der Waals surface area contributed by atoms with Crippen LogP contribution in [-0.2, 0) is 4.79 Å². The van der Waals surface area contributed by atoms with E-state index < -0.39 is 24.7 Å². The largest absolute Gasteiger partial charge is 0.484 e. The highest BCUT2D eigenvalue weighted by Gasteiger charge is 2.46. The number of ether oxygens (including phenoxy) is 1. The number of halogens is 3. The lowest BCUT2D eigenvalue weighted by Gasteiger charge is -2.16. The van der Waals surface area contributed by atoms with Gasteiger partial charge in [0.15, 0.2) is 6.61 Å². The van der Waals surface area contributed by atoms with Crippen molar-refractivity contribution in [3.8, 4) is 5.75 Å². The lowest BCUT2D eigenvalue weighted by molar-refractivity contribution is -0.153. The highest BCUT2D eigenvalue weighted by atomic mass is 19.4. The number of hydrogen-bond acceptors (Lipinski definition) is 3. The van der Waals surface area contributed by atoms with Crippen molar-refractivity contribution in [3.63, 3.8) is 0 Å². The van der Waals surface area contributed by atoms with Gasteiger partial charge in [-0.05, 0) is 48.9 Å². The summed E-state index contributed by atoms with van der Waals surface area (Å²) in [4.78, 5) is 25.5. The molecular weight excluding hydrogens is 339 g/mol. The molecule has 0 unspecified atom stereocenters. The normalized spacial score (nSPS) is 23.6. The smallest absolute Gasteiger partial charge is 0.422 e. The molecule has 1 aliphatic carbocycles. The van der Waals surface area contributed by atoms with E-state index in [0.717, 1.165) is 12.8 Å². The molecule has 2 atom stereocenters. The Morgan fingerprint density at radius 2 is 1.80 bits per heavy atom. The summed E-state index contributed by atoms with van der Waals surface area (Å²) in [6.45, 7) is -0.815. The molecule has 2 fully saturated rings. The average molecular weight is 357 g/mol. The van der Waals surface area contributed by atoms with E-state index >= 15 is 0 Å². The van der Waals surface area contributed by atoms with Crippen molar-refractivity contribution in [1.82, 2.24) is 4.90 Å². The fourth-order valence-corrected chi connectivity index (χ4v) is 3.30. The zero-order valence-corrected chi connectivity index (χ0v) is 13.3. The highest BCUT2D eigenvalue weighted by Crippen LogP contribution is 2.44. The second-order valence-corrected chi connectivity index (χ2v) is 6.58. The second kappa shape index (κ2) is 6.57. The Labute approximate surface area is 142 Å². The van der Waals surface area contributed by atoms with Crippen LogP contribution in [0.2, 0.25) is 0 Å². The van der Waals surface area contributed by atoms with Gasteiger partial charge in [0, 0.05) is 18.7 Å². The van der Waals surface area contributed by atoms with E-state index in [9.17, 15) is 27.9 Å². The molecule has 1 N–H and O–H groups in total. The molecule has 2 aliphatic rings. The highest BCUT2D eigenvalue weighted by molar-refractivity contribution is 5.95. The molecule has 0 aromatic heterocycles. The molecule has 8 heteroatoms. The molecule has 1 amide bonds. The standard InChI is InChI=1S/C17H18F3NO4/c18-17(19,20)9-25-12-5-3-11(4-6-12)15(22)21-7-13(10-1-2-10)14(8-21)16(23)24/h3-6,10,13-14H,1-2,7-9H2,(H,23,24)/t13-,14+/m1/s1. The van der Waals surface area contributed by atoms with Gasteiger partial charge in [-0.2, -0.15) is 13.2 Å². The number of aliphatic carboxylic acids is 1. The van der Waals surface area contributed by atoms with Crippen molar-refractivity contribution in [2.24, 2.45) is 17.8 Å². The molecule has 1 aliphatic heterocycles. The Kier molecular flexibility index (Phi) is 4.62. The van der Waals surface area contributed by atoms with Crippen LogP contribution >= 0.6 is 0 Å². The molecule has 136 valence electrons. The van der Waals surface area contributed by atoms with Gasteiger partial charge < -0.3 is 14.7 Å². The van der Waals surface area contributed by atoms with Crippen LogP contribution in [-0.4, -0.2) is 47.8 Å². The molecule has 1 aromatic carbocycles. The number of carboxylic acid groups (broad SMARTS) is 1. The van der Waals surface area contributed by atoms with E-state index in [4.69, 9.17) is 0 Å². The molecule has 1 saturated carbocycles. The molecule has 0 radical (unpaired) electrons. The first kappa shape index (κ1) is 17.6. The Morgan fingerprint density at radius 3 is 2.32 bits per heavy atom. The first-order valence-electron chi connectivity index (χ1n) is 8.06. The fraction of sp³-hybridized carbons (Fsp3) is 0.529. The number of carbonyl (C=O) groups is 2. The molecule has 1 aromatic rings. The van der Waals surface area contributed by atoms with Crippen molar-refractivity contribution >= 4 is 11.9 Å². The van der Waals surface area contributed by atoms with Crippen molar-refractivity contribution in [2.75, 3.05) is 19.7 Å². The number of benzene rings is 1. The predicted molar refractivity (Wildman–Crippen MR) is 81.2 cm³/mol. The number of alkyl halides is 3. The van der Waals surface area contributed by atoms with Crippen LogP contribution in [0.3, 0.4) is 0 Å². The van der Waals surface area contributed by atoms with Gasteiger partial charge in [0.05, 0.1) is 5.92 Å². The third kappa shape index (κ3) is 4.24. The molecule has 0 spiro atoms. The zero-order chi connectivity index (χ0) is 18.2. The third-order valence-electron chi connectivity index (χ3n) is 4.70. The van der Waals surface area contributed by atoms with Gasteiger partial charge in [-0.1, -0.05) is 0 Å². The van der Waals surface area contributed by atoms with Crippen LogP contribution in [0.25, 0.3) is 0 Å². The minimum absolute atomic E-state index is 0.0177. The predicted octanol–water partition coefficient (Wildman–Crippen LogP) is 2.81. The Bertz CT molecular complexity index is 655. The molecular formula is C17H18F3NO4. The summed E-state index contributed by atoms with van der Waals surface area (Å²) in [7, 11) is 0. The zero-order valence-electron chi connectivity index (χ0n) is 13.3. The Hall–Kier alpha value is -2.25. The Morgan fingerprint density at radius 1 is 1.16 bits per heavy atom. The van der Waals surface area contributed by atoms with Crippen molar-refractivity contribution < 1.29 is 32.6 Å². The maximum absolute atomic E-state index is 12.5. The van der Waals surface area contributed by atoms with Crippen LogP contribution in [0.5, 0.6) is 5.75 Å². The SMILES string of the molecule is O=C(O)[C@H]1CN(C(=O)c2ccc(OCC(F)(F)F)cc2)C[C@@H]1C1CC1. The summed E-state index contributed by atoms with van der Waals surface area (Å²) in [5.74, 6) is -1.37. The first-order valence-corrected chi connectivity index (χ1v) is 8.06. The maximum Gasteiger partial charge on any atom is 0.422 e. The van der Waals surface area contributed by atoms with Gasteiger partial charge in [-0.25, -0.2) is 0 Å². The monoisotopic (exact) mass is 357 g/mol. The minimum Gasteiger partial charge on any atom is -0.484 e.